The Hall–Kier alpha value is -1.90. The summed E-state index contributed by atoms with van der Waals surface area (Å²) < 4.78 is 33.8. The van der Waals surface area contributed by atoms with Crippen molar-refractivity contribution in [1.29, 1.82) is 0 Å². The Morgan fingerprint density at radius 3 is 2.48 bits per heavy atom. The highest BCUT2D eigenvalue weighted by Gasteiger charge is 2.37. The Bertz CT molecular complexity index is 930. The van der Waals surface area contributed by atoms with Gasteiger partial charge in [0, 0.05) is 17.6 Å². The van der Waals surface area contributed by atoms with Crippen molar-refractivity contribution in [3.8, 4) is 5.75 Å². The molecule has 1 aliphatic rings. The molecule has 1 heterocycles. The van der Waals surface area contributed by atoms with Gasteiger partial charge in [0.05, 0.1) is 11.5 Å². The molecule has 1 amide bonds. The van der Waals surface area contributed by atoms with Crippen molar-refractivity contribution in [2.45, 2.75) is 43.7 Å². The van der Waals surface area contributed by atoms with Gasteiger partial charge in [0.15, 0.2) is 0 Å². The minimum atomic E-state index is -3.73. The van der Waals surface area contributed by atoms with Crippen molar-refractivity contribution in [2.24, 2.45) is 0 Å². The van der Waals surface area contributed by atoms with Gasteiger partial charge in [0.1, 0.15) is 11.8 Å². The van der Waals surface area contributed by atoms with Crippen molar-refractivity contribution >= 4 is 31.9 Å². The third-order valence-corrected chi connectivity index (χ3v) is 7.33. The van der Waals surface area contributed by atoms with Crippen LogP contribution in [0, 0.1) is 0 Å². The number of hydrogen-bond acceptors (Lipinski definition) is 4. The lowest BCUT2D eigenvalue weighted by Gasteiger charge is -2.33. The SMILES string of the molecule is CCOc1ccc(CNC(=O)[C@H]2CCCCN2S(=O)(=O)c2ccc(Br)cc2)cc1. The molecule has 0 bridgehead atoms. The first kappa shape index (κ1) is 21.8. The van der Waals surface area contributed by atoms with Gasteiger partial charge in [-0.05, 0) is 61.7 Å². The Kier molecular flexibility index (Phi) is 7.32. The number of nitrogens with zero attached hydrogens (tertiary/aromatic N) is 1. The zero-order valence-electron chi connectivity index (χ0n) is 16.3. The highest BCUT2D eigenvalue weighted by molar-refractivity contribution is 9.10. The molecule has 1 fully saturated rings. The molecule has 0 radical (unpaired) electrons. The summed E-state index contributed by atoms with van der Waals surface area (Å²) in [6, 6.07) is 13.3. The van der Waals surface area contributed by atoms with Crippen LogP contribution in [0.1, 0.15) is 31.7 Å². The average molecular weight is 481 g/mol. The van der Waals surface area contributed by atoms with Crippen LogP contribution in [0.4, 0.5) is 0 Å². The predicted octanol–water partition coefficient (Wildman–Crippen LogP) is 3.71. The first-order valence-corrected chi connectivity index (χ1v) is 11.9. The maximum atomic E-state index is 13.1. The maximum Gasteiger partial charge on any atom is 0.243 e. The van der Waals surface area contributed by atoms with Crippen molar-refractivity contribution in [1.82, 2.24) is 9.62 Å². The molecule has 1 N–H and O–H groups in total. The minimum absolute atomic E-state index is 0.201. The third kappa shape index (κ3) is 5.38. The van der Waals surface area contributed by atoms with E-state index in [9.17, 15) is 13.2 Å². The molecule has 0 unspecified atom stereocenters. The zero-order valence-corrected chi connectivity index (χ0v) is 18.7. The summed E-state index contributed by atoms with van der Waals surface area (Å²) in [7, 11) is -3.73. The molecule has 2 aromatic rings. The van der Waals surface area contributed by atoms with E-state index in [-0.39, 0.29) is 10.8 Å². The van der Waals surface area contributed by atoms with Gasteiger partial charge in [-0.15, -0.1) is 0 Å². The van der Waals surface area contributed by atoms with Gasteiger partial charge in [0.2, 0.25) is 15.9 Å². The van der Waals surface area contributed by atoms with Crippen LogP contribution in [0.3, 0.4) is 0 Å². The normalized spacial score (nSPS) is 17.7. The predicted molar refractivity (Wildman–Crippen MR) is 115 cm³/mol. The van der Waals surface area contributed by atoms with Crippen LogP contribution >= 0.6 is 15.9 Å². The molecule has 0 aromatic heterocycles. The van der Waals surface area contributed by atoms with E-state index in [4.69, 9.17) is 4.74 Å². The van der Waals surface area contributed by atoms with E-state index in [1.54, 1.807) is 24.3 Å². The summed E-state index contributed by atoms with van der Waals surface area (Å²) in [5.41, 5.74) is 0.930. The van der Waals surface area contributed by atoms with Gasteiger partial charge in [0.25, 0.3) is 0 Å². The van der Waals surface area contributed by atoms with Gasteiger partial charge in [-0.2, -0.15) is 4.31 Å². The second kappa shape index (κ2) is 9.73. The first-order chi connectivity index (χ1) is 13.9. The molecule has 0 spiro atoms. The molecule has 0 saturated carbocycles. The van der Waals surface area contributed by atoms with Crippen molar-refractivity contribution in [3.05, 3.63) is 58.6 Å². The minimum Gasteiger partial charge on any atom is -0.494 e. The maximum absolute atomic E-state index is 13.1. The van der Waals surface area contributed by atoms with Crippen LogP contribution in [0.25, 0.3) is 0 Å². The molecule has 0 aliphatic carbocycles. The van der Waals surface area contributed by atoms with Gasteiger partial charge in [-0.25, -0.2) is 8.42 Å². The summed E-state index contributed by atoms with van der Waals surface area (Å²) >= 11 is 3.32. The number of hydrogen-bond donors (Lipinski definition) is 1. The number of piperidine rings is 1. The number of rotatable bonds is 7. The van der Waals surface area contributed by atoms with Crippen LogP contribution in [-0.4, -0.2) is 37.8 Å². The number of carbonyl (C=O) groups excluding carboxylic acids is 1. The summed E-state index contributed by atoms with van der Waals surface area (Å²) in [5, 5.41) is 2.89. The quantitative estimate of drug-likeness (QED) is 0.655. The Labute approximate surface area is 180 Å². The molecule has 2 aromatic carbocycles. The lowest BCUT2D eigenvalue weighted by Crippen LogP contribution is -2.51. The summed E-state index contributed by atoms with van der Waals surface area (Å²) in [6.07, 6.45) is 2.09. The van der Waals surface area contributed by atoms with E-state index in [0.29, 0.717) is 26.1 Å². The fourth-order valence-electron chi connectivity index (χ4n) is 3.37. The molecule has 156 valence electrons. The van der Waals surface area contributed by atoms with Crippen LogP contribution in [0.15, 0.2) is 57.9 Å². The van der Waals surface area contributed by atoms with Gasteiger partial charge in [-0.1, -0.05) is 34.5 Å². The van der Waals surface area contributed by atoms with Crippen LogP contribution in [0.5, 0.6) is 5.75 Å². The summed E-state index contributed by atoms with van der Waals surface area (Å²) in [5.74, 6) is 0.515. The Balaban J connectivity index is 1.70. The van der Waals surface area contributed by atoms with E-state index in [1.165, 1.54) is 4.31 Å². The molecule has 3 rings (SSSR count). The van der Waals surface area contributed by atoms with E-state index in [2.05, 4.69) is 21.2 Å². The lowest BCUT2D eigenvalue weighted by molar-refractivity contribution is -0.125. The molecular weight excluding hydrogens is 456 g/mol. The third-order valence-electron chi connectivity index (χ3n) is 4.88. The van der Waals surface area contributed by atoms with E-state index in [1.807, 2.05) is 31.2 Å². The molecule has 1 atom stereocenters. The van der Waals surface area contributed by atoms with Crippen LogP contribution in [0.2, 0.25) is 0 Å². The van der Waals surface area contributed by atoms with Crippen LogP contribution in [-0.2, 0) is 21.4 Å². The fraction of sp³-hybridized carbons (Fsp3) is 0.381. The second-order valence-corrected chi connectivity index (χ2v) is 9.68. The molecule has 1 aliphatic heterocycles. The van der Waals surface area contributed by atoms with E-state index >= 15 is 0 Å². The smallest absolute Gasteiger partial charge is 0.243 e. The number of halogens is 1. The van der Waals surface area contributed by atoms with Crippen molar-refractivity contribution in [2.75, 3.05) is 13.2 Å². The summed E-state index contributed by atoms with van der Waals surface area (Å²) in [4.78, 5) is 13.0. The summed E-state index contributed by atoms with van der Waals surface area (Å²) in [6.45, 7) is 3.21. The van der Waals surface area contributed by atoms with Gasteiger partial charge in [-0.3, -0.25) is 4.79 Å². The zero-order chi connectivity index (χ0) is 20.9. The first-order valence-electron chi connectivity index (χ1n) is 9.68. The number of nitrogens with one attached hydrogen (secondary N) is 1. The molecule has 6 nitrogen and oxygen atoms in total. The lowest BCUT2D eigenvalue weighted by atomic mass is 10.0. The molecular formula is C21H25BrN2O4S. The number of ether oxygens (including phenoxy) is 1. The standard InChI is InChI=1S/C21H25BrN2O4S/c1-2-28-18-10-6-16(7-11-18)15-23-21(25)20-5-3-4-14-24(20)29(26,27)19-12-8-17(22)9-13-19/h6-13,20H,2-5,14-15H2,1H3,(H,23,25)/t20-/m1/s1. The number of sulfonamides is 1. The molecule has 8 heteroatoms. The van der Waals surface area contributed by atoms with Crippen LogP contribution < -0.4 is 10.1 Å². The largest absolute Gasteiger partial charge is 0.494 e. The molecule has 1 saturated heterocycles. The number of carbonyl (C=O) groups is 1. The Morgan fingerprint density at radius 2 is 1.83 bits per heavy atom. The fourth-order valence-corrected chi connectivity index (χ4v) is 5.29. The van der Waals surface area contributed by atoms with E-state index < -0.39 is 16.1 Å². The Morgan fingerprint density at radius 1 is 1.14 bits per heavy atom. The number of amides is 1. The average Bonchev–Trinajstić information content (AvgIpc) is 2.73. The highest BCUT2D eigenvalue weighted by Crippen LogP contribution is 2.26. The number of benzene rings is 2. The van der Waals surface area contributed by atoms with E-state index in [0.717, 1.165) is 28.6 Å². The van der Waals surface area contributed by atoms with Crippen molar-refractivity contribution in [3.63, 3.8) is 0 Å². The topological polar surface area (TPSA) is 75.7 Å². The highest BCUT2D eigenvalue weighted by atomic mass is 79.9. The van der Waals surface area contributed by atoms with Crippen molar-refractivity contribution < 1.29 is 17.9 Å². The monoisotopic (exact) mass is 480 g/mol. The van der Waals surface area contributed by atoms with Gasteiger partial charge < -0.3 is 10.1 Å². The molecule has 29 heavy (non-hydrogen) atoms. The van der Waals surface area contributed by atoms with Gasteiger partial charge >= 0.3 is 0 Å². The second-order valence-electron chi connectivity index (χ2n) is 6.88.